The summed E-state index contributed by atoms with van der Waals surface area (Å²) in [5, 5.41) is 8.20. The molecule has 1 atom stereocenters. The van der Waals surface area contributed by atoms with Crippen molar-refractivity contribution in [2.24, 2.45) is 5.73 Å². The van der Waals surface area contributed by atoms with Crippen LogP contribution in [0.1, 0.15) is 39.7 Å². The minimum atomic E-state index is -0.140. The third kappa shape index (κ3) is 2.27. The topological polar surface area (TPSA) is 51.8 Å². The number of nitrogens with zero attached hydrogens (tertiary/aromatic N) is 2. The number of aromatic nitrogens is 2. The van der Waals surface area contributed by atoms with Crippen LogP contribution in [0.5, 0.6) is 0 Å². The lowest BCUT2D eigenvalue weighted by molar-refractivity contribution is 0.806. The van der Waals surface area contributed by atoms with Gasteiger partial charge < -0.3 is 5.73 Å². The van der Waals surface area contributed by atoms with E-state index < -0.39 is 0 Å². The minimum absolute atomic E-state index is 0.140. The van der Waals surface area contributed by atoms with E-state index in [0.29, 0.717) is 0 Å². The van der Waals surface area contributed by atoms with E-state index in [-0.39, 0.29) is 6.04 Å². The smallest absolute Gasteiger partial charge is 0.0651 e. The van der Waals surface area contributed by atoms with Crippen LogP contribution in [0.15, 0.2) is 24.3 Å². The van der Waals surface area contributed by atoms with Gasteiger partial charge in [-0.1, -0.05) is 18.2 Å². The standard InChI is InChI=1S/C15H19N3/c1-9-6-5-7-13(11(9)3)15(16)14-8-10(2)17-18-12(14)4/h5-8,15H,16H2,1-4H3. The van der Waals surface area contributed by atoms with E-state index in [2.05, 4.69) is 36.2 Å². The Balaban J connectivity index is 2.51. The van der Waals surface area contributed by atoms with Crippen molar-refractivity contribution in [1.29, 1.82) is 0 Å². The number of benzene rings is 1. The molecule has 18 heavy (non-hydrogen) atoms. The molecule has 2 N–H and O–H groups in total. The fourth-order valence-electron chi connectivity index (χ4n) is 2.16. The zero-order chi connectivity index (χ0) is 13.3. The summed E-state index contributed by atoms with van der Waals surface area (Å²) in [6.45, 7) is 8.11. The molecule has 1 aromatic heterocycles. The van der Waals surface area contributed by atoms with Crippen LogP contribution >= 0.6 is 0 Å². The maximum absolute atomic E-state index is 6.39. The van der Waals surface area contributed by atoms with Crippen LogP contribution in [0, 0.1) is 27.7 Å². The Kier molecular flexibility index (Phi) is 3.43. The molecule has 0 aliphatic heterocycles. The molecule has 3 nitrogen and oxygen atoms in total. The van der Waals surface area contributed by atoms with E-state index in [1.165, 1.54) is 11.1 Å². The predicted molar refractivity (Wildman–Crippen MR) is 73.5 cm³/mol. The van der Waals surface area contributed by atoms with Crippen molar-refractivity contribution < 1.29 is 0 Å². The van der Waals surface area contributed by atoms with Gasteiger partial charge in [-0.25, -0.2) is 0 Å². The van der Waals surface area contributed by atoms with Crippen LogP contribution in [0.2, 0.25) is 0 Å². The zero-order valence-electron chi connectivity index (χ0n) is 11.4. The van der Waals surface area contributed by atoms with Gasteiger partial charge in [0.15, 0.2) is 0 Å². The summed E-state index contributed by atoms with van der Waals surface area (Å²) >= 11 is 0. The summed E-state index contributed by atoms with van der Waals surface area (Å²) in [6, 6.07) is 8.12. The van der Waals surface area contributed by atoms with Gasteiger partial charge in [-0.15, -0.1) is 0 Å². The lowest BCUT2D eigenvalue weighted by atomic mass is 9.93. The minimum Gasteiger partial charge on any atom is -0.320 e. The maximum Gasteiger partial charge on any atom is 0.0651 e. The summed E-state index contributed by atoms with van der Waals surface area (Å²) in [4.78, 5) is 0. The average molecular weight is 241 g/mol. The normalized spacial score (nSPS) is 12.5. The number of hydrogen-bond acceptors (Lipinski definition) is 3. The highest BCUT2D eigenvalue weighted by Crippen LogP contribution is 2.25. The average Bonchev–Trinajstić information content (AvgIpc) is 2.35. The summed E-state index contributed by atoms with van der Waals surface area (Å²) in [5.41, 5.74) is 12.9. The van der Waals surface area contributed by atoms with Gasteiger partial charge in [0.25, 0.3) is 0 Å². The van der Waals surface area contributed by atoms with E-state index in [4.69, 9.17) is 5.73 Å². The Hall–Kier alpha value is -1.74. The molecular formula is C15H19N3. The number of aryl methyl sites for hydroxylation is 3. The molecule has 0 radical (unpaired) electrons. The third-order valence-electron chi connectivity index (χ3n) is 3.46. The lowest BCUT2D eigenvalue weighted by Gasteiger charge is -2.18. The van der Waals surface area contributed by atoms with Crippen molar-refractivity contribution in [2.45, 2.75) is 33.7 Å². The van der Waals surface area contributed by atoms with Gasteiger partial charge in [0.05, 0.1) is 17.4 Å². The van der Waals surface area contributed by atoms with Crippen LogP contribution in [0.25, 0.3) is 0 Å². The van der Waals surface area contributed by atoms with Gasteiger partial charge in [-0.05, 0) is 56.0 Å². The van der Waals surface area contributed by atoms with Crippen molar-refractivity contribution in [3.8, 4) is 0 Å². The van der Waals surface area contributed by atoms with E-state index in [1.807, 2.05) is 26.0 Å². The van der Waals surface area contributed by atoms with E-state index >= 15 is 0 Å². The van der Waals surface area contributed by atoms with Crippen molar-refractivity contribution in [3.63, 3.8) is 0 Å². The molecule has 0 aliphatic carbocycles. The summed E-state index contributed by atoms with van der Waals surface area (Å²) in [6.07, 6.45) is 0. The quantitative estimate of drug-likeness (QED) is 0.879. The Morgan fingerprint density at radius 3 is 2.44 bits per heavy atom. The molecule has 3 heteroatoms. The lowest BCUT2D eigenvalue weighted by Crippen LogP contribution is -2.16. The summed E-state index contributed by atoms with van der Waals surface area (Å²) < 4.78 is 0. The van der Waals surface area contributed by atoms with Gasteiger partial charge in [0.1, 0.15) is 0 Å². The second kappa shape index (κ2) is 4.86. The Labute approximate surface area is 108 Å². The first-order chi connectivity index (χ1) is 8.50. The van der Waals surface area contributed by atoms with E-state index in [1.54, 1.807) is 0 Å². The molecule has 0 saturated carbocycles. The molecule has 1 unspecified atom stereocenters. The molecule has 2 aromatic rings. The van der Waals surface area contributed by atoms with Crippen LogP contribution < -0.4 is 5.73 Å². The molecule has 0 amide bonds. The molecular weight excluding hydrogens is 222 g/mol. The highest BCUT2D eigenvalue weighted by atomic mass is 15.1. The van der Waals surface area contributed by atoms with Crippen molar-refractivity contribution in [1.82, 2.24) is 10.2 Å². The van der Waals surface area contributed by atoms with Crippen molar-refractivity contribution in [2.75, 3.05) is 0 Å². The van der Waals surface area contributed by atoms with Crippen molar-refractivity contribution in [3.05, 3.63) is 57.9 Å². The van der Waals surface area contributed by atoms with E-state index in [9.17, 15) is 0 Å². The van der Waals surface area contributed by atoms with Gasteiger partial charge in [-0.3, -0.25) is 0 Å². The molecule has 2 rings (SSSR count). The molecule has 1 heterocycles. The first-order valence-electron chi connectivity index (χ1n) is 6.13. The second-order valence-electron chi connectivity index (χ2n) is 4.79. The number of hydrogen-bond donors (Lipinski definition) is 1. The monoisotopic (exact) mass is 241 g/mol. The van der Waals surface area contributed by atoms with Crippen LogP contribution in [-0.4, -0.2) is 10.2 Å². The maximum atomic E-state index is 6.39. The highest BCUT2D eigenvalue weighted by Gasteiger charge is 2.15. The molecule has 0 spiro atoms. The highest BCUT2D eigenvalue weighted by molar-refractivity contribution is 5.41. The summed E-state index contributed by atoms with van der Waals surface area (Å²) in [5.74, 6) is 0. The summed E-state index contributed by atoms with van der Waals surface area (Å²) in [7, 11) is 0. The fourth-order valence-corrected chi connectivity index (χ4v) is 2.16. The molecule has 94 valence electrons. The first kappa shape index (κ1) is 12.7. The number of rotatable bonds is 2. The third-order valence-corrected chi connectivity index (χ3v) is 3.46. The van der Waals surface area contributed by atoms with Gasteiger partial charge in [-0.2, -0.15) is 10.2 Å². The fraction of sp³-hybridized carbons (Fsp3) is 0.333. The molecule has 0 aliphatic rings. The molecule has 0 fully saturated rings. The SMILES string of the molecule is Cc1cc(C(N)c2cccc(C)c2C)c(C)nn1. The predicted octanol–water partition coefficient (Wildman–Crippen LogP) is 2.76. The van der Waals surface area contributed by atoms with Crippen LogP contribution in [0.3, 0.4) is 0 Å². The largest absolute Gasteiger partial charge is 0.320 e. The van der Waals surface area contributed by atoms with Gasteiger partial charge in [0, 0.05) is 0 Å². The second-order valence-corrected chi connectivity index (χ2v) is 4.79. The van der Waals surface area contributed by atoms with Crippen LogP contribution in [-0.2, 0) is 0 Å². The van der Waals surface area contributed by atoms with Crippen molar-refractivity contribution >= 4 is 0 Å². The first-order valence-corrected chi connectivity index (χ1v) is 6.13. The molecule has 0 bridgehead atoms. The van der Waals surface area contributed by atoms with Gasteiger partial charge >= 0.3 is 0 Å². The Morgan fingerprint density at radius 1 is 1.00 bits per heavy atom. The Morgan fingerprint density at radius 2 is 1.72 bits per heavy atom. The number of nitrogens with two attached hydrogens (primary N) is 1. The van der Waals surface area contributed by atoms with Crippen LogP contribution in [0.4, 0.5) is 0 Å². The zero-order valence-corrected chi connectivity index (χ0v) is 11.4. The molecule has 0 saturated heterocycles. The molecule has 1 aromatic carbocycles. The van der Waals surface area contributed by atoms with E-state index in [0.717, 1.165) is 22.5 Å². The van der Waals surface area contributed by atoms with Gasteiger partial charge in [0.2, 0.25) is 0 Å². The Bertz CT molecular complexity index is 574.